The monoisotopic (exact) mass is 393 g/mol. The molecule has 3 atom stereocenters. The van der Waals surface area contributed by atoms with E-state index in [0.29, 0.717) is 5.92 Å². The third-order valence-electron chi connectivity index (χ3n) is 5.45. The van der Waals surface area contributed by atoms with Gasteiger partial charge >= 0.3 is 0 Å². The third kappa shape index (κ3) is 13.4. The summed E-state index contributed by atoms with van der Waals surface area (Å²) in [5.74, 6) is 0.385. The highest BCUT2D eigenvalue weighted by atomic mass is 79.9. The van der Waals surface area contributed by atoms with Gasteiger partial charge < -0.3 is 10.8 Å². The Kier molecular flexibility index (Phi) is 17.7. The first kappa shape index (κ1) is 25.6. The Labute approximate surface area is 156 Å². The van der Waals surface area contributed by atoms with Gasteiger partial charge in [-0.15, -0.1) is 17.0 Å². The molecule has 2 nitrogen and oxygen atoms in total. The maximum absolute atomic E-state index is 9.72. The predicted octanol–water partition coefficient (Wildman–Crippen LogP) is 6.39. The summed E-state index contributed by atoms with van der Waals surface area (Å²) in [4.78, 5) is 0. The highest BCUT2D eigenvalue weighted by molar-refractivity contribution is 8.93. The molecular formula is C20H44BrNO. The van der Waals surface area contributed by atoms with Gasteiger partial charge in [0.2, 0.25) is 0 Å². The summed E-state index contributed by atoms with van der Waals surface area (Å²) in [7, 11) is 0. The van der Waals surface area contributed by atoms with Crippen molar-refractivity contribution < 1.29 is 5.11 Å². The second-order valence-corrected chi connectivity index (χ2v) is 7.62. The van der Waals surface area contributed by atoms with E-state index < -0.39 is 11.6 Å². The van der Waals surface area contributed by atoms with Gasteiger partial charge in [-0.05, 0) is 26.2 Å². The quantitative estimate of drug-likeness (QED) is 0.316. The molecule has 0 aliphatic rings. The fourth-order valence-electron chi connectivity index (χ4n) is 3.01. The SMILES string of the molecule is Br.CCCCCCCCCCCCCCC(C)C(C)(N)C(C)O. The summed E-state index contributed by atoms with van der Waals surface area (Å²) in [5, 5.41) is 9.72. The zero-order valence-corrected chi connectivity index (χ0v) is 18.0. The van der Waals surface area contributed by atoms with Gasteiger partial charge in [-0.1, -0.05) is 90.9 Å². The van der Waals surface area contributed by atoms with Gasteiger partial charge in [-0.25, -0.2) is 0 Å². The lowest BCUT2D eigenvalue weighted by Gasteiger charge is -2.34. The van der Waals surface area contributed by atoms with Crippen LogP contribution in [0.1, 0.15) is 111 Å². The minimum atomic E-state index is -0.447. The predicted molar refractivity (Wildman–Crippen MR) is 109 cm³/mol. The fourth-order valence-corrected chi connectivity index (χ4v) is 3.01. The topological polar surface area (TPSA) is 46.2 Å². The van der Waals surface area contributed by atoms with Gasteiger partial charge in [0.25, 0.3) is 0 Å². The van der Waals surface area contributed by atoms with Crippen LogP contribution in [0.15, 0.2) is 0 Å². The molecule has 3 heteroatoms. The Morgan fingerprint density at radius 1 is 0.783 bits per heavy atom. The van der Waals surface area contributed by atoms with Crippen molar-refractivity contribution in [3.63, 3.8) is 0 Å². The number of aliphatic hydroxyl groups is 1. The van der Waals surface area contributed by atoms with Crippen LogP contribution in [0.5, 0.6) is 0 Å². The molecular weight excluding hydrogens is 350 g/mol. The smallest absolute Gasteiger partial charge is 0.0691 e. The standard InChI is InChI=1S/C20H43NO.BrH/c1-5-6-7-8-9-10-11-12-13-14-15-16-17-18(2)20(4,21)19(3)22;/h18-19,22H,5-17,21H2,1-4H3;1H. The molecule has 0 aromatic carbocycles. The van der Waals surface area contributed by atoms with Gasteiger partial charge in [-0.2, -0.15) is 0 Å². The van der Waals surface area contributed by atoms with E-state index in [2.05, 4.69) is 13.8 Å². The molecule has 0 aliphatic carbocycles. The fraction of sp³-hybridized carbons (Fsp3) is 1.00. The van der Waals surface area contributed by atoms with Gasteiger partial charge in [0.1, 0.15) is 0 Å². The molecule has 0 spiro atoms. The molecule has 0 aromatic rings. The minimum absolute atomic E-state index is 0. The van der Waals surface area contributed by atoms with Crippen molar-refractivity contribution in [2.45, 2.75) is 123 Å². The second-order valence-electron chi connectivity index (χ2n) is 7.62. The zero-order valence-electron chi connectivity index (χ0n) is 16.3. The summed E-state index contributed by atoms with van der Waals surface area (Å²) >= 11 is 0. The molecule has 0 aliphatic heterocycles. The summed E-state index contributed by atoms with van der Waals surface area (Å²) in [5.41, 5.74) is 5.75. The Hall–Kier alpha value is 0.400. The van der Waals surface area contributed by atoms with Crippen LogP contribution in [-0.2, 0) is 0 Å². The molecule has 23 heavy (non-hydrogen) atoms. The van der Waals surface area contributed by atoms with Crippen molar-refractivity contribution in [1.29, 1.82) is 0 Å². The van der Waals surface area contributed by atoms with Crippen molar-refractivity contribution in [2.24, 2.45) is 11.7 Å². The highest BCUT2D eigenvalue weighted by Crippen LogP contribution is 2.24. The number of aliphatic hydroxyl groups excluding tert-OH is 1. The summed E-state index contributed by atoms with van der Waals surface area (Å²) < 4.78 is 0. The lowest BCUT2D eigenvalue weighted by molar-refractivity contribution is 0.0729. The van der Waals surface area contributed by atoms with Gasteiger partial charge in [0.05, 0.1) is 6.10 Å². The van der Waals surface area contributed by atoms with E-state index >= 15 is 0 Å². The molecule has 142 valence electrons. The number of nitrogens with two attached hydrogens (primary N) is 1. The third-order valence-corrected chi connectivity index (χ3v) is 5.45. The Morgan fingerprint density at radius 2 is 1.13 bits per heavy atom. The van der Waals surface area contributed by atoms with Crippen LogP contribution in [0.3, 0.4) is 0 Å². The van der Waals surface area contributed by atoms with E-state index in [-0.39, 0.29) is 17.0 Å². The maximum Gasteiger partial charge on any atom is 0.0691 e. The molecule has 0 saturated carbocycles. The summed E-state index contributed by atoms with van der Waals surface area (Å²) in [6.45, 7) is 8.23. The summed E-state index contributed by atoms with van der Waals surface area (Å²) in [6.07, 6.45) is 17.3. The van der Waals surface area contributed by atoms with Crippen molar-refractivity contribution in [1.82, 2.24) is 0 Å². The van der Waals surface area contributed by atoms with E-state index in [1.54, 1.807) is 6.92 Å². The molecule has 0 fully saturated rings. The molecule has 0 bridgehead atoms. The van der Waals surface area contributed by atoms with E-state index in [9.17, 15) is 5.11 Å². The van der Waals surface area contributed by atoms with Crippen LogP contribution in [0.4, 0.5) is 0 Å². The normalized spacial score (nSPS) is 16.4. The second kappa shape index (κ2) is 15.9. The van der Waals surface area contributed by atoms with Crippen LogP contribution in [-0.4, -0.2) is 16.7 Å². The number of hydrogen-bond acceptors (Lipinski definition) is 2. The lowest BCUT2D eigenvalue weighted by Crippen LogP contribution is -2.51. The molecule has 0 aromatic heterocycles. The van der Waals surface area contributed by atoms with Gasteiger partial charge in [-0.3, -0.25) is 0 Å². The van der Waals surface area contributed by atoms with E-state index in [1.807, 2.05) is 6.92 Å². The van der Waals surface area contributed by atoms with Crippen molar-refractivity contribution >= 4 is 17.0 Å². The number of unbranched alkanes of at least 4 members (excludes halogenated alkanes) is 11. The minimum Gasteiger partial charge on any atom is -0.392 e. The van der Waals surface area contributed by atoms with Crippen LogP contribution in [0.2, 0.25) is 0 Å². The van der Waals surface area contributed by atoms with Crippen LogP contribution in [0.25, 0.3) is 0 Å². The summed E-state index contributed by atoms with van der Waals surface area (Å²) in [6, 6.07) is 0. The van der Waals surface area contributed by atoms with Gasteiger partial charge in [0.15, 0.2) is 0 Å². The molecule has 3 unspecified atom stereocenters. The highest BCUT2D eigenvalue weighted by Gasteiger charge is 2.30. The molecule has 0 rings (SSSR count). The number of hydrogen-bond donors (Lipinski definition) is 2. The first-order valence-corrected chi connectivity index (χ1v) is 9.89. The first-order valence-electron chi connectivity index (χ1n) is 9.89. The maximum atomic E-state index is 9.72. The van der Waals surface area contributed by atoms with E-state index in [1.165, 1.54) is 77.0 Å². The largest absolute Gasteiger partial charge is 0.392 e. The molecule has 0 amide bonds. The number of halogens is 1. The Balaban J connectivity index is 0. The van der Waals surface area contributed by atoms with Crippen molar-refractivity contribution in [2.75, 3.05) is 0 Å². The van der Waals surface area contributed by atoms with Crippen LogP contribution >= 0.6 is 17.0 Å². The number of rotatable bonds is 15. The Morgan fingerprint density at radius 3 is 1.48 bits per heavy atom. The average molecular weight is 394 g/mol. The van der Waals surface area contributed by atoms with Crippen molar-refractivity contribution in [3.05, 3.63) is 0 Å². The van der Waals surface area contributed by atoms with Crippen LogP contribution < -0.4 is 5.73 Å². The Bertz CT molecular complexity index is 244. The van der Waals surface area contributed by atoms with E-state index in [4.69, 9.17) is 5.73 Å². The molecule has 3 N–H and O–H groups in total. The first-order chi connectivity index (χ1) is 10.4. The van der Waals surface area contributed by atoms with Crippen LogP contribution in [0, 0.1) is 5.92 Å². The van der Waals surface area contributed by atoms with Gasteiger partial charge in [0, 0.05) is 5.54 Å². The van der Waals surface area contributed by atoms with E-state index in [0.717, 1.165) is 6.42 Å². The molecule has 0 heterocycles. The van der Waals surface area contributed by atoms with Crippen molar-refractivity contribution in [3.8, 4) is 0 Å². The molecule has 0 radical (unpaired) electrons. The molecule has 0 saturated heterocycles. The lowest BCUT2D eigenvalue weighted by atomic mass is 9.80. The average Bonchev–Trinajstić information content (AvgIpc) is 2.47. The zero-order chi connectivity index (χ0) is 16.8.